The van der Waals surface area contributed by atoms with Crippen molar-refractivity contribution in [1.82, 2.24) is 4.90 Å². The van der Waals surface area contributed by atoms with Crippen molar-refractivity contribution < 1.29 is 19.4 Å². The molecule has 21 heavy (non-hydrogen) atoms. The lowest BCUT2D eigenvalue weighted by atomic mass is 10.1. The zero-order valence-corrected chi connectivity index (χ0v) is 12.9. The molecule has 2 unspecified atom stereocenters. The highest BCUT2D eigenvalue weighted by atomic mass is 35.5. The highest BCUT2D eigenvalue weighted by Gasteiger charge is 2.32. The van der Waals surface area contributed by atoms with Crippen LogP contribution in [0.5, 0.6) is 0 Å². The number of halogens is 1. The van der Waals surface area contributed by atoms with Crippen LogP contribution >= 0.6 is 12.4 Å². The fourth-order valence-electron chi connectivity index (χ4n) is 2.29. The number of hydrogen-bond acceptors (Lipinski definition) is 5. The van der Waals surface area contributed by atoms with Crippen LogP contribution in [0.15, 0.2) is 30.3 Å². The molecular weight excluding hydrogens is 294 g/mol. The van der Waals surface area contributed by atoms with Gasteiger partial charge in [0.25, 0.3) is 0 Å². The summed E-state index contributed by atoms with van der Waals surface area (Å²) in [4.78, 5) is 13.7. The van der Waals surface area contributed by atoms with E-state index >= 15 is 0 Å². The van der Waals surface area contributed by atoms with Crippen LogP contribution in [-0.4, -0.2) is 54.5 Å². The molecule has 0 bridgehead atoms. The summed E-state index contributed by atoms with van der Waals surface area (Å²) in [5.74, 6) is -0.612. The Kier molecular flexibility index (Phi) is 7.67. The van der Waals surface area contributed by atoms with Gasteiger partial charge in [0, 0.05) is 19.6 Å². The van der Waals surface area contributed by atoms with Crippen molar-refractivity contribution in [2.24, 2.45) is 0 Å². The first-order valence-electron chi connectivity index (χ1n) is 6.93. The molecule has 2 rings (SSSR count). The maximum Gasteiger partial charge on any atom is 0.337 e. The van der Waals surface area contributed by atoms with E-state index in [2.05, 4.69) is 17.0 Å². The predicted molar refractivity (Wildman–Crippen MR) is 81.3 cm³/mol. The third kappa shape index (κ3) is 5.28. The molecule has 1 N–H and O–H groups in total. The minimum absolute atomic E-state index is 0. The Labute approximate surface area is 131 Å². The number of carbonyl (C=O) groups is 1. The Morgan fingerprint density at radius 2 is 2.19 bits per heavy atom. The molecule has 0 radical (unpaired) electrons. The van der Waals surface area contributed by atoms with E-state index in [1.807, 2.05) is 18.2 Å². The van der Waals surface area contributed by atoms with Gasteiger partial charge in [-0.25, -0.2) is 4.79 Å². The first-order valence-corrected chi connectivity index (χ1v) is 6.93. The van der Waals surface area contributed by atoms with Crippen molar-refractivity contribution in [3.63, 3.8) is 0 Å². The molecule has 1 aliphatic heterocycles. The molecule has 0 saturated carbocycles. The van der Waals surface area contributed by atoms with Crippen molar-refractivity contribution in [1.29, 1.82) is 0 Å². The zero-order valence-electron chi connectivity index (χ0n) is 12.1. The smallest absolute Gasteiger partial charge is 0.337 e. The van der Waals surface area contributed by atoms with Crippen molar-refractivity contribution in [2.75, 3.05) is 26.3 Å². The van der Waals surface area contributed by atoms with Gasteiger partial charge in [-0.1, -0.05) is 30.3 Å². The maximum absolute atomic E-state index is 11.5. The van der Waals surface area contributed by atoms with Gasteiger partial charge in [0.2, 0.25) is 0 Å². The van der Waals surface area contributed by atoms with Gasteiger partial charge in [0.1, 0.15) is 6.10 Å². The summed E-state index contributed by atoms with van der Waals surface area (Å²) in [5.41, 5.74) is 1.21. The van der Waals surface area contributed by atoms with Crippen LogP contribution in [0.4, 0.5) is 0 Å². The van der Waals surface area contributed by atoms with E-state index in [0.29, 0.717) is 13.2 Å². The number of ether oxygens (including phenoxy) is 2. The average Bonchev–Trinajstić information content (AvgIpc) is 2.48. The van der Waals surface area contributed by atoms with Crippen LogP contribution in [0.25, 0.3) is 0 Å². The first kappa shape index (κ1) is 17.9. The van der Waals surface area contributed by atoms with E-state index in [0.717, 1.165) is 13.1 Å². The number of aliphatic hydroxyl groups excluding tert-OH is 1. The second-order valence-electron chi connectivity index (χ2n) is 4.83. The number of carbonyl (C=O) groups excluding carboxylic acids is 1. The van der Waals surface area contributed by atoms with E-state index in [9.17, 15) is 9.90 Å². The van der Waals surface area contributed by atoms with Gasteiger partial charge in [0.15, 0.2) is 6.10 Å². The van der Waals surface area contributed by atoms with Crippen LogP contribution in [0.3, 0.4) is 0 Å². The van der Waals surface area contributed by atoms with Crippen LogP contribution in [0.2, 0.25) is 0 Å². The molecule has 5 nitrogen and oxygen atoms in total. The lowest BCUT2D eigenvalue weighted by molar-refractivity contribution is -0.166. The molecule has 1 heterocycles. The molecule has 6 heteroatoms. The molecule has 0 spiro atoms. The van der Waals surface area contributed by atoms with Crippen LogP contribution in [0.1, 0.15) is 12.5 Å². The molecule has 1 fully saturated rings. The number of hydrogen-bond donors (Lipinski definition) is 1. The maximum atomic E-state index is 11.5. The standard InChI is InChI=1S/C15H21NO4.ClH/c1-2-19-15(18)14(17)13-11-16(8-9-20-13)10-12-6-4-3-5-7-12;/h3-7,13-14,17H,2,8-11H2,1H3;1H. The van der Waals surface area contributed by atoms with Crippen LogP contribution in [-0.2, 0) is 20.8 Å². The van der Waals surface area contributed by atoms with Gasteiger partial charge in [-0.05, 0) is 12.5 Å². The molecule has 0 aliphatic carbocycles. The Morgan fingerprint density at radius 3 is 2.86 bits per heavy atom. The molecular formula is C15H22ClNO4. The first-order chi connectivity index (χ1) is 9.70. The number of rotatable bonds is 5. The van der Waals surface area contributed by atoms with Gasteiger partial charge < -0.3 is 14.6 Å². The fourth-order valence-corrected chi connectivity index (χ4v) is 2.29. The second-order valence-corrected chi connectivity index (χ2v) is 4.83. The predicted octanol–water partition coefficient (Wildman–Crippen LogP) is 1.23. The number of benzene rings is 1. The Balaban J connectivity index is 0.00000220. The third-order valence-electron chi connectivity index (χ3n) is 3.31. The molecule has 1 aromatic carbocycles. The normalized spacial score (nSPS) is 20.4. The summed E-state index contributed by atoms with van der Waals surface area (Å²) in [5, 5.41) is 9.93. The molecule has 118 valence electrons. The number of esters is 1. The van der Waals surface area contributed by atoms with Crippen molar-refractivity contribution in [3.05, 3.63) is 35.9 Å². The second kappa shape index (κ2) is 9.00. The Bertz CT molecular complexity index is 429. The summed E-state index contributed by atoms with van der Waals surface area (Å²) in [6.07, 6.45) is -1.74. The van der Waals surface area contributed by atoms with E-state index in [-0.39, 0.29) is 19.0 Å². The van der Waals surface area contributed by atoms with Crippen molar-refractivity contribution >= 4 is 18.4 Å². The highest BCUT2D eigenvalue weighted by Crippen LogP contribution is 2.13. The Morgan fingerprint density at radius 1 is 1.48 bits per heavy atom. The number of nitrogens with zero attached hydrogens (tertiary/aromatic N) is 1. The zero-order chi connectivity index (χ0) is 14.4. The summed E-state index contributed by atoms with van der Waals surface area (Å²) < 4.78 is 10.3. The topological polar surface area (TPSA) is 59.0 Å². The molecule has 2 atom stereocenters. The summed E-state index contributed by atoms with van der Waals surface area (Å²) in [6, 6.07) is 10.1. The lowest BCUT2D eigenvalue weighted by Crippen LogP contribution is -2.50. The van der Waals surface area contributed by atoms with Gasteiger partial charge in [0.05, 0.1) is 13.2 Å². The Hall–Kier alpha value is -1.14. The third-order valence-corrected chi connectivity index (χ3v) is 3.31. The van der Waals surface area contributed by atoms with E-state index in [4.69, 9.17) is 9.47 Å². The summed E-state index contributed by atoms with van der Waals surface area (Å²) in [6.45, 7) is 4.59. The van der Waals surface area contributed by atoms with E-state index < -0.39 is 18.2 Å². The summed E-state index contributed by atoms with van der Waals surface area (Å²) in [7, 11) is 0. The van der Waals surface area contributed by atoms with Gasteiger partial charge in [-0.3, -0.25) is 4.90 Å². The lowest BCUT2D eigenvalue weighted by Gasteiger charge is -2.34. The quantitative estimate of drug-likeness (QED) is 0.828. The molecule has 0 aromatic heterocycles. The van der Waals surface area contributed by atoms with Crippen LogP contribution < -0.4 is 0 Å². The molecule has 1 aliphatic rings. The van der Waals surface area contributed by atoms with Crippen molar-refractivity contribution in [2.45, 2.75) is 25.7 Å². The van der Waals surface area contributed by atoms with E-state index in [1.165, 1.54) is 5.56 Å². The minimum Gasteiger partial charge on any atom is -0.464 e. The van der Waals surface area contributed by atoms with Crippen LogP contribution in [0, 0.1) is 0 Å². The monoisotopic (exact) mass is 315 g/mol. The van der Waals surface area contributed by atoms with Crippen molar-refractivity contribution in [3.8, 4) is 0 Å². The minimum atomic E-state index is -1.21. The number of aliphatic hydroxyl groups is 1. The molecule has 0 amide bonds. The summed E-state index contributed by atoms with van der Waals surface area (Å²) >= 11 is 0. The van der Waals surface area contributed by atoms with Gasteiger partial charge >= 0.3 is 5.97 Å². The molecule has 1 saturated heterocycles. The number of morpholine rings is 1. The van der Waals surface area contributed by atoms with Gasteiger partial charge in [-0.15, -0.1) is 12.4 Å². The largest absolute Gasteiger partial charge is 0.464 e. The highest BCUT2D eigenvalue weighted by molar-refractivity contribution is 5.85. The fraction of sp³-hybridized carbons (Fsp3) is 0.533. The SMILES string of the molecule is CCOC(=O)C(O)C1CN(Cc2ccccc2)CCO1.Cl. The molecule has 1 aromatic rings. The van der Waals surface area contributed by atoms with Gasteiger partial charge in [-0.2, -0.15) is 0 Å². The average molecular weight is 316 g/mol. The van der Waals surface area contributed by atoms with E-state index in [1.54, 1.807) is 6.92 Å².